The second-order valence-electron chi connectivity index (χ2n) is 6.63. The first-order valence-electron chi connectivity index (χ1n) is 8.55. The van der Waals surface area contributed by atoms with Crippen molar-refractivity contribution in [2.24, 2.45) is 0 Å². The van der Waals surface area contributed by atoms with Gasteiger partial charge in [0.25, 0.3) is 5.24 Å². The van der Waals surface area contributed by atoms with E-state index >= 15 is 0 Å². The summed E-state index contributed by atoms with van der Waals surface area (Å²) in [7, 11) is 0. The lowest BCUT2D eigenvalue weighted by Gasteiger charge is -2.34. The van der Waals surface area contributed by atoms with Crippen molar-refractivity contribution < 1.29 is 4.79 Å². The number of nitrogens with one attached hydrogen (secondary N) is 1. The van der Waals surface area contributed by atoms with E-state index in [9.17, 15) is 4.79 Å². The van der Waals surface area contributed by atoms with Crippen LogP contribution in [0.1, 0.15) is 39.9 Å². The zero-order valence-corrected chi connectivity index (χ0v) is 15.6. The molecule has 1 aromatic carbocycles. The van der Waals surface area contributed by atoms with Gasteiger partial charge in [0.2, 0.25) is 0 Å². The first-order valence-corrected chi connectivity index (χ1v) is 8.93. The molecule has 2 aromatic rings. The van der Waals surface area contributed by atoms with Gasteiger partial charge in [-0.15, -0.1) is 0 Å². The fourth-order valence-electron chi connectivity index (χ4n) is 3.62. The SMILES string of the molecule is Cc1cc(C)c(C(=O)Cl)c(C)c1NC1CCN(c2cnccn2)CC1. The minimum Gasteiger partial charge on any atom is -0.382 e. The highest BCUT2D eigenvalue weighted by atomic mass is 35.5. The second-order valence-corrected chi connectivity index (χ2v) is 6.97. The fraction of sp³-hybridized carbons (Fsp3) is 0.421. The molecule has 1 aromatic heterocycles. The molecule has 25 heavy (non-hydrogen) atoms. The van der Waals surface area contributed by atoms with Crippen molar-refractivity contribution in [3.05, 3.63) is 46.9 Å². The average Bonchev–Trinajstić information content (AvgIpc) is 2.59. The Balaban J connectivity index is 1.72. The molecule has 0 bridgehead atoms. The number of anilines is 2. The molecule has 0 amide bonds. The maximum absolute atomic E-state index is 11.8. The molecule has 0 unspecified atom stereocenters. The van der Waals surface area contributed by atoms with Crippen LogP contribution in [0.3, 0.4) is 0 Å². The van der Waals surface area contributed by atoms with Crippen molar-refractivity contribution >= 4 is 28.3 Å². The zero-order valence-electron chi connectivity index (χ0n) is 14.8. The fourth-order valence-corrected chi connectivity index (χ4v) is 3.91. The maximum atomic E-state index is 11.8. The topological polar surface area (TPSA) is 58.1 Å². The van der Waals surface area contributed by atoms with Crippen molar-refractivity contribution in [1.82, 2.24) is 9.97 Å². The van der Waals surface area contributed by atoms with E-state index in [0.717, 1.165) is 54.1 Å². The lowest BCUT2D eigenvalue weighted by Crippen LogP contribution is -2.39. The number of carbonyl (C=O) groups is 1. The summed E-state index contributed by atoms with van der Waals surface area (Å²) in [6.07, 6.45) is 7.24. The maximum Gasteiger partial charge on any atom is 0.253 e. The van der Waals surface area contributed by atoms with Crippen molar-refractivity contribution in [3.8, 4) is 0 Å². The summed E-state index contributed by atoms with van der Waals surface area (Å²) in [5, 5.41) is 3.25. The van der Waals surface area contributed by atoms with Gasteiger partial charge >= 0.3 is 0 Å². The number of carbonyl (C=O) groups excluding carboxylic acids is 1. The molecule has 0 aliphatic carbocycles. The lowest BCUT2D eigenvalue weighted by molar-refractivity contribution is 0.108. The second kappa shape index (κ2) is 7.40. The summed E-state index contributed by atoms with van der Waals surface area (Å²) in [5.74, 6) is 0.929. The van der Waals surface area contributed by atoms with E-state index in [-0.39, 0.29) is 0 Å². The van der Waals surface area contributed by atoms with E-state index in [1.807, 2.05) is 19.9 Å². The standard InChI is InChI=1S/C19H23ClN4O/c1-12-10-13(2)18(14(3)17(12)19(20)25)23-15-4-8-24(9-5-15)16-11-21-6-7-22-16/h6-7,10-11,15,23H,4-5,8-9H2,1-3H3. The Labute approximate surface area is 153 Å². The molecule has 132 valence electrons. The van der Waals surface area contributed by atoms with Crippen LogP contribution in [-0.4, -0.2) is 34.3 Å². The van der Waals surface area contributed by atoms with Gasteiger partial charge < -0.3 is 10.2 Å². The van der Waals surface area contributed by atoms with Gasteiger partial charge in [-0.2, -0.15) is 0 Å². The monoisotopic (exact) mass is 358 g/mol. The summed E-state index contributed by atoms with van der Waals surface area (Å²) >= 11 is 5.78. The summed E-state index contributed by atoms with van der Waals surface area (Å²) in [4.78, 5) is 22.5. The zero-order chi connectivity index (χ0) is 18.0. The van der Waals surface area contributed by atoms with Gasteiger partial charge in [-0.1, -0.05) is 6.07 Å². The summed E-state index contributed by atoms with van der Waals surface area (Å²) < 4.78 is 0. The quantitative estimate of drug-likeness (QED) is 0.841. The highest BCUT2D eigenvalue weighted by molar-refractivity contribution is 6.68. The Bertz CT molecular complexity index is 771. The van der Waals surface area contributed by atoms with Crippen LogP contribution >= 0.6 is 11.6 Å². The molecule has 0 spiro atoms. The van der Waals surface area contributed by atoms with Gasteiger partial charge in [0.05, 0.1) is 6.20 Å². The number of piperidine rings is 1. The summed E-state index contributed by atoms with van der Waals surface area (Å²) in [6.45, 7) is 7.83. The molecule has 3 rings (SSSR count). The van der Waals surface area contributed by atoms with Gasteiger partial charge in [-0.3, -0.25) is 9.78 Å². The predicted molar refractivity (Wildman–Crippen MR) is 102 cm³/mol. The molecule has 1 aliphatic rings. The minimum absolute atomic E-state index is 0.367. The number of halogens is 1. The van der Waals surface area contributed by atoms with Crippen LogP contribution in [0.2, 0.25) is 0 Å². The Morgan fingerprint density at radius 2 is 1.92 bits per heavy atom. The number of aromatic nitrogens is 2. The summed E-state index contributed by atoms with van der Waals surface area (Å²) in [5.41, 5.74) is 4.67. The van der Waals surface area contributed by atoms with E-state index < -0.39 is 5.24 Å². The van der Waals surface area contributed by atoms with Gasteiger partial charge in [-0.25, -0.2) is 4.98 Å². The van der Waals surface area contributed by atoms with Crippen molar-refractivity contribution in [2.75, 3.05) is 23.3 Å². The van der Waals surface area contributed by atoms with Crippen LogP contribution < -0.4 is 10.2 Å². The van der Waals surface area contributed by atoms with Crippen LogP contribution in [0.15, 0.2) is 24.7 Å². The molecular weight excluding hydrogens is 336 g/mol. The molecule has 1 aliphatic heterocycles. The van der Waals surface area contributed by atoms with Gasteiger partial charge in [0.15, 0.2) is 0 Å². The number of aryl methyl sites for hydroxylation is 2. The minimum atomic E-state index is -0.393. The molecule has 6 heteroatoms. The molecule has 5 nitrogen and oxygen atoms in total. The Morgan fingerprint density at radius 3 is 2.52 bits per heavy atom. The molecule has 0 atom stereocenters. The molecule has 0 radical (unpaired) electrons. The molecular formula is C19H23ClN4O. The third kappa shape index (κ3) is 3.76. The largest absolute Gasteiger partial charge is 0.382 e. The van der Waals surface area contributed by atoms with Crippen molar-refractivity contribution in [1.29, 1.82) is 0 Å². The van der Waals surface area contributed by atoms with Crippen LogP contribution in [0.4, 0.5) is 11.5 Å². The Hall–Kier alpha value is -2.14. The molecule has 0 saturated carbocycles. The Morgan fingerprint density at radius 1 is 1.20 bits per heavy atom. The molecule has 1 fully saturated rings. The van der Waals surface area contributed by atoms with Gasteiger partial charge in [0, 0.05) is 42.8 Å². The van der Waals surface area contributed by atoms with Crippen LogP contribution in [0.25, 0.3) is 0 Å². The normalized spacial score (nSPS) is 15.3. The molecule has 1 N–H and O–H groups in total. The van der Waals surface area contributed by atoms with E-state index in [1.165, 1.54) is 0 Å². The van der Waals surface area contributed by atoms with E-state index in [4.69, 9.17) is 11.6 Å². The number of hydrogen-bond acceptors (Lipinski definition) is 5. The number of nitrogens with zero attached hydrogens (tertiary/aromatic N) is 3. The third-order valence-electron chi connectivity index (χ3n) is 4.89. The smallest absolute Gasteiger partial charge is 0.253 e. The van der Waals surface area contributed by atoms with Crippen molar-refractivity contribution in [3.63, 3.8) is 0 Å². The Kier molecular flexibility index (Phi) is 5.23. The van der Waals surface area contributed by atoms with E-state index in [1.54, 1.807) is 18.6 Å². The first-order chi connectivity index (χ1) is 12.0. The van der Waals surface area contributed by atoms with E-state index in [2.05, 4.69) is 27.1 Å². The number of rotatable bonds is 4. The highest BCUT2D eigenvalue weighted by Crippen LogP contribution is 2.30. The van der Waals surface area contributed by atoms with E-state index in [0.29, 0.717) is 11.6 Å². The lowest BCUT2D eigenvalue weighted by atomic mass is 9.96. The average molecular weight is 359 g/mol. The van der Waals surface area contributed by atoms with Crippen molar-refractivity contribution in [2.45, 2.75) is 39.7 Å². The highest BCUT2D eigenvalue weighted by Gasteiger charge is 2.22. The van der Waals surface area contributed by atoms with Gasteiger partial charge in [0.1, 0.15) is 5.82 Å². The summed E-state index contributed by atoms with van der Waals surface area (Å²) in [6, 6.07) is 2.39. The van der Waals surface area contributed by atoms with Gasteiger partial charge in [-0.05, 0) is 61.9 Å². The van der Waals surface area contributed by atoms with Crippen LogP contribution in [-0.2, 0) is 0 Å². The van der Waals surface area contributed by atoms with Crippen LogP contribution in [0.5, 0.6) is 0 Å². The number of benzene rings is 1. The molecule has 1 saturated heterocycles. The molecule has 2 heterocycles. The first kappa shape index (κ1) is 17.7. The number of hydrogen-bond donors (Lipinski definition) is 1. The predicted octanol–water partition coefficient (Wildman–Crippen LogP) is 3.86. The van der Waals surface area contributed by atoms with Crippen LogP contribution in [0, 0.1) is 20.8 Å². The third-order valence-corrected chi connectivity index (χ3v) is 5.07.